The molecule has 0 radical (unpaired) electrons. The number of nitrogens with one attached hydrogen (secondary N) is 2. The molecule has 1 unspecified atom stereocenters. The standard InChI is InChI=1S/C27H26FN9O/c1-16-8-22(10-23-9-17(2)35-36-23)34-26(33-16)20-5-6-24(29-13-20)27(38)31-12-19-4-7-25(30-11-19)37-15-21(14-32-37)18(3)28/h4-9,11,13-15,18H,10,12H2,1-3H3,(H,31,38)(H,35,36). The number of aromatic amines is 1. The second-order valence-corrected chi connectivity index (χ2v) is 9.02. The number of amides is 1. The van der Waals surface area contributed by atoms with Crippen molar-refractivity contribution in [2.75, 3.05) is 0 Å². The van der Waals surface area contributed by atoms with Crippen LogP contribution >= 0.6 is 0 Å². The molecule has 2 N–H and O–H groups in total. The highest BCUT2D eigenvalue weighted by Gasteiger charge is 2.12. The number of carbonyl (C=O) groups excluding carboxylic acids is 1. The minimum Gasteiger partial charge on any atom is -0.347 e. The number of hydrogen-bond acceptors (Lipinski definition) is 7. The van der Waals surface area contributed by atoms with Crippen molar-refractivity contribution in [3.05, 3.63) is 101 Å². The number of aryl methyl sites for hydroxylation is 2. The van der Waals surface area contributed by atoms with Gasteiger partial charge in [0.25, 0.3) is 5.91 Å². The van der Waals surface area contributed by atoms with Crippen LogP contribution < -0.4 is 5.32 Å². The molecule has 38 heavy (non-hydrogen) atoms. The van der Waals surface area contributed by atoms with Crippen molar-refractivity contribution in [1.29, 1.82) is 0 Å². The lowest BCUT2D eigenvalue weighted by Gasteiger charge is -2.08. The van der Waals surface area contributed by atoms with Gasteiger partial charge in [0.2, 0.25) is 0 Å². The second kappa shape index (κ2) is 10.7. The molecule has 1 amide bonds. The molecule has 0 aliphatic carbocycles. The van der Waals surface area contributed by atoms with Crippen molar-refractivity contribution in [3.63, 3.8) is 0 Å². The van der Waals surface area contributed by atoms with Gasteiger partial charge in [0.05, 0.1) is 17.6 Å². The van der Waals surface area contributed by atoms with Gasteiger partial charge < -0.3 is 5.32 Å². The lowest BCUT2D eigenvalue weighted by atomic mass is 10.2. The summed E-state index contributed by atoms with van der Waals surface area (Å²) in [5.41, 5.74) is 5.88. The Morgan fingerprint density at radius 3 is 2.58 bits per heavy atom. The van der Waals surface area contributed by atoms with Gasteiger partial charge in [-0.05, 0) is 56.7 Å². The van der Waals surface area contributed by atoms with E-state index in [1.54, 1.807) is 36.8 Å². The van der Waals surface area contributed by atoms with Crippen molar-refractivity contribution in [2.45, 2.75) is 39.9 Å². The first-order valence-corrected chi connectivity index (χ1v) is 12.1. The number of pyridine rings is 2. The van der Waals surface area contributed by atoms with Gasteiger partial charge in [-0.2, -0.15) is 10.2 Å². The van der Waals surface area contributed by atoms with E-state index in [0.29, 0.717) is 29.2 Å². The van der Waals surface area contributed by atoms with Crippen LogP contribution in [0.2, 0.25) is 0 Å². The first kappa shape index (κ1) is 24.9. The zero-order chi connectivity index (χ0) is 26.6. The van der Waals surface area contributed by atoms with Crippen LogP contribution in [0.25, 0.3) is 17.2 Å². The van der Waals surface area contributed by atoms with Crippen LogP contribution in [-0.2, 0) is 13.0 Å². The molecule has 192 valence electrons. The zero-order valence-corrected chi connectivity index (χ0v) is 21.2. The van der Waals surface area contributed by atoms with Gasteiger partial charge in [0.15, 0.2) is 11.6 Å². The van der Waals surface area contributed by atoms with E-state index in [-0.39, 0.29) is 18.1 Å². The summed E-state index contributed by atoms with van der Waals surface area (Å²) in [6.07, 6.45) is 5.81. The summed E-state index contributed by atoms with van der Waals surface area (Å²) in [4.78, 5) is 30.5. The number of alkyl halides is 1. The molecule has 0 bridgehead atoms. The van der Waals surface area contributed by atoms with E-state index in [4.69, 9.17) is 0 Å². The van der Waals surface area contributed by atoms with E-state index in [9.17, 15) is 9.18 Å². The summed E-state index contributed by atoms with van der Waals surface area (Å²) in [6.45, 7) is 5.60. The summed E-state index contributed by atoms with van der Waals surface area (Å²) in [5.74, 6) is 0.794. The Bertz CT molecular complexity index is 1560. The summed E-state index contributed by atoms with van der Waals surface area (Å²) in [7, 11) is 0. The maximum atomic E-state index is 13.4. The fourth-order valence-corrected chi connectivity index (χ4v) is 3.86. The predicted molar refractivity (Wildman–Crippen MR) is 138 cm³/mol. The molecule has 0 saturated heterocycles. The molecule has 0 fully saturated rings. The first-order chi connectivity index (χ1) is 18.3. The Labute approximate surface area is 218 Å². The number of nitrogens with zero attached hydrogens (tertiary/aromatic N) is 7. The van der Waals surface area contributed by atoms with Gasteiger partial charge >= 0.3 is 0 Å². The maximum Gasteiger partial charge on any atom is 0.270 e. The van der Waals surface area contributed by atoms with Crippen LogP contribution in [0.15, 0.2) is 61.2 Å². The highest BCUT2D eigenvalue weighted by atomic mass is 19.1. The summed E-state index contributed by atoms with van der Waals surface area (Å²) in [5, 5.41) is 14.2. The van der Waals surface area contributed by atoms with Crippen LogP contribution in [-0.4, -0.2) is 45.8 Å². The summed E-state index contributed by atoms with van der Waals surface area (Å²) < 4.78 is 14.9. The highest BCUT2D eigenvalue weighted by Crippen LogP contribution is 2.18. The molecule has 1 atom stereocenters. The highest BCUT2D eigenvalue weighted by molar-refractivity contribution is 5.92. The average molecular weight is 512 g/mol. The van der Waals surface area contributed by atoms with Crippen molar-refractivity contribution in [3.8, 4) is 17.2 Å². The van der Waals surface area contributed by atoms with Gasteiger partial charge in [-0.3, -0.25) is 14.9 Å². The Kier molecular flexibility index (Phi) is 6.98. The molecule has 5 heterocycles. The van der Waals surface area contributed by atoms with Gasteiger partial charge in [-0.15, -0.1) is 0 Å². The number of carbonyl (C=O) groups is 1. The Morgan fingerprint density at radius 2 is 1.92 bits per heavy atom. The van der Waals surface area contributed by atoms with Crippen LogP contribution in [0.4, 0.5) is 4.39 Å². The Morgan fingerprint density at radius 1 is 1.05 bits per heavy atom. The maximum absolute atomic E-state index is 13.4. The van der Waals surface area contributed by atoms with Crippen molar-refractivity contribution in [2.24, 2.45) is 0 Å². The third kappa shape index (κ3) is 5.77. The third-order valence-corrected chi connectivity index (χ3v) is 5.84. The lowest BCUT2D eigenvalue weighted by molar-refractivity contribution is 0.0946. The van der Waals surface area contributed by atoms with Crippen LogP contribution in [0.5, 0.6) is 0 Å². The number of hydrogen-bond donors (Lipinski definition) is 2. The molecule has 0 aliphatic heterocycles. The van der Waals surface area contributed by atoms with Crippen molar-refractivity contribution >= 4 is 5.91 Å². The minimum absolute atomic E-state index is 0.276. The molecule has 0 saturated carbocycles. The van der Waals surface area contributed by atoms with E-state index in [0.717, 1.165) is 28.3 Å². The van der Waals surface area contributed by atoms with Gasteiger partial charge in [-0.25, -0.2) is 24.0 Å². The van der Waals surface area contributed by atoms with E-state index in [2.05, 4.69) is 40.5 Å². The summed E-state index contributed by atoms with van der Waals surface area (Å²) >= 11 is 0. The second-order valence-electron chi connectivity index (χ2n) is 9.02. The molecule has 5 aromatic heterocycles. The van der Waals surface area contributed by atoms with E-state index in [1.807, 2.05) is 32.0 Å². The zero-order valence-electron chi connectivity index (χ0n) is 21.2. The first-order valence-electron chi connectivity index (χ1n) is 12.1. The molecule has 10 nitrogen and oxygen atoms in total. The normalized spacial score (nSPS) is 11.9. The van der Waals surface area contributed by atoms with Crippen LogP contribution in [0, 0.1) is 13.8 Å². The number of rotatable bonds is 8. The summed E-state index contributed by atoms with van der Waals surface area (Å²) in [6, 6.07) is 10.9. The molecular formula is C27H26FN9O. The molecule has 0 aromatic carbocycles. The van der Waals surface area contributed by atoms with E-state index >= 15 is 0 Å². The minimum atomic E-state index is -1.10. The van der Waals surface area contributed by atoms with Crippen molar-refractivity contribution in [1.82, 2.24) is 45.2 Å². The quantitative estimate of drug-likeness (QED) is 0.322. The number of aromatic nitrogens is 8. The fraction of sp³-hybridized carbons (Fsp3) is 0.222. The third-order valence-electron chi connectivity index (χ3n) is 5.84. The lowest BCUT2D eigenvalue weighted by Crippen LogP contribution is -2.23. The molecule has 11 heteroatoms. The molecule has 5 aromatic rings. The molecule has 5 rings (SSSR count). The SMILES string of the molecule is Cc1cc(Cc2cc(C)[nH]n2)nc(-c2ccc(C(=O)NCc3ccc(-n4cc(C(C)F)cn4)nc3)nc2)n1. The molecule has 0 spiro atoms. The van der Waals surface area contributed by atoms with Crippen LogP contribution in [0.1, 0.15) is 57.5 Å². The Hall–Kier alpha value is -4.80. The predicted octanol–water partition coefficient (Wildman–Crippen LogP) is 4.01. The topological polar surface area (TPSA) is 127 Å². The van der Waals surface area contributed by atoms with E-state index < -0.39 is 6.17 Å². The van der Waals surface area contributed by atoms with Gasteiger partial charge in [0.1, 0.15) is 11.9 Å². The van der Waals surface area contributed by atoms with Crippen LogP contribution in [0.3, 0.4) is 0 Å². The Balaban J connectivity index is 1.21. The smallest absolute Gasteiger partial charge is 0.270 e. The van der Waals surface area contributed by atoms with E-state index in [1.165, 1.54) is 17.8 Å². The molecule has 0 aliphatic rings. The fourth-order valence-electron chi connectivity index (χ4n) is 3.86. The monoisotopic (exact) mass is 511 g/mol. The largest absolute Gasteiger partial charge is 0.347 e. The van der Waals surface area contributed by atoms with Crippen molar-refractivity contribution < 1.29 is 9.18 Å². The molecular weight excluding hydrogens is 485 g/mol. The average Bonchev–Trinajstić information content (AvgIpc) is 3.57. The van der Waals surface area contributed by atoms with Gasteiger partial charge in [0, 0.05) is 54.1 Å². The number of H-pyrrole nitrogens is 1. The van der Waals surface area contributed by atoms with Gasteiger partial charge in [-0.1, -0.05) is 6.07 Å². The number of halogens is 1.